The molecule has 23 heavy (non-hydrogen) atoms. The fraction of sp³-hybridized carbons (Fsp3) is 0.562. The molecule has 0 saturated heterocycles. The van der Waals surface area contributed by atoms with Crippen molar-refractivity contribution in [1.29, 1.82) is 0 Å². The van der Waals surface area contributed by atoms with Gasteiger partial charge in [-0.25, -0.2) is 0 Å². The lowest BCUT2D eigenvalue weighted by molar-refractivity contribution is -0.125. The van der Waals surface area contributed by atoms with Crippen molar-refractivity contribution in [3.05, 3.63) is 32.2 Å². The van der Waals surface area contributed by atoms with E-state index in [2.05, 4.69) is 48.8 Å². The lowest BCUT2D eigenvalue weighted by atomic mass is 9.67. The molecule has 2 heterocycles. The monoisotopic (exact) mass is 394 g/mol. The van der Waals surface area contributed by atoms with Crippen molar-refractivity contribution < 1.29 is 4.79 Å². The third kappa shape index (κ3) is 2.85. The molecule has 0 bridgehead atoms. The topological polar surface area (TPSA) is 70.7 Å². The lowest BCUT2D eigenvalue weighted by Gasteiger charge is -2.41. The first-order chi connectivity index (χ1) is 11.2. The second kappa shape index (κ2) is 6.02. The van der Waals surface area contributed by atoms with Crippen molar-refractivity contribution >= 4 is 33.2 Å². The van der Waals surface area contributed by atoms with Gasteiger partial charge in [0.1, 0.15) is 0 Å². The van der Waals surface area contributed by atoms with Gasteiger partial charge < -0.3 is 5.32 Å². The number of nitrogens with one attached hydrogen (secondary N) is 2. The lowest BCUT2D eigenvalue weighted by Crippen LogP contribution is -2.47. The Hall–Kier alpha value is -1.21. The van der Waals surface area contributed by atoms with E-state index in [1.807, 2.05) is 0 Å². The van der Waals surface area contributed by atoms with Crippen LogP contribution in [0.2, 0.25) is 0 Å². The number of amides is 1. The van der Waals surface area contributed by atoms with Crippen molar-refractivity contribution in [3.8, 4) is 0 Å². The number of aromatic nitrogens is 3. The Kier molecular flexibility index (Phi) is 4.01. The highest BCUT2D eigenvalue weighted by Gasteiger charge is 2.40. The molecule has 1 atom stereocenters. The van der Waals surface area contributed by atoms with Crippen LogP contribution in [0.1, 0.15) is 41.9 Å². The van der Waals surface area contributed by atoms with Crippen LogP contribution in [0.4, 0.5) is 0 Å². The van der Waals surface area contributed by atoms with Crippen molar-refractivity contribution in [1.82, 2.24) is 20.7 Å². The van der Waals surface area contributed by atoms with Gasteiger partial charge in [0.25, 0.3) is 0 Å². The Morgan fingerprint density at radius 2 is 2.22 bits per heavy atom. The second-order valence-corrected chi connectivity index (χ2v) is 9.08. The van der Waals surface area contributed by atoms with Gasteiger partial charge in [0.15, 0.2) is 0 Å². The molecule has 7 heteroatoms. The Labute approximate surface area is 147 Å². The van der Waals surface area contributed by atoms with Crippen LogP contribution in [0.15, 0.2) is 15.9 Å². The van der Waals surface area contributed by atoms with Crippen molar-refractivity contribution in [2.45, 2.75) is 43.9 Å². The maximum atomic E-state index is 12.6. The molecule has 1 saturated carbocycles. The molecule has 4 rings (SSSR count). The van der Waals surface area contributed by atoms with Crippen molar-refractivity contribution in [2.24, 2.45) is 5.92 Å². The third-order valence-corrected chi connectivity index (χ3v) is 7.12. The van der Waals surface area contributed by atoms with Crippen LogP contribution >= 0.6 is 27.3 Å². The van der Waals surface area contributed by atoms with E-state index >= 15 is 0 Å². The number of rotatable bonds is 4. The van der Waals surface area contributed by atoms with Crippen LogP contribution in [0, 0.1) is 5.92 Å². The van der Waals surface area contributed by atoms with E-state index in [-0.39, 0.29) is 17.2 Å². The smallest absolute Gasteiger partial charge is 0.223 e. The molecule has 0 spiro atoms. The Balaban J connectivity index is 1.40. The number of carbonyl (C=O) groups is 1. The van der Waals surface area contributed by atoms with E-state index in [0.717, 1.165) is 34.6 Å². The molecule has 1 fully saturated rings. The fourth-order valence-corrected chi connectivity index (χ4v) is 5.25. The number of aryl methyl sites for hydroxylation is 1. The molecule has 2 aliphatic carbocycles. The molecule has 0 aromatic carbocycles. The number of carbonyl (C=O) groups excluding carboxylic acids is 1. The highest BCUT2D eigenvalue weighted by molar-refractivity contribution is 9.11. The van der Waals surface area contributed by atoms with E-state index in [9.17, 15) is 4.79 Å². The Morgan fingerprint density at radius 3 is 2.91 bits per heavy atom. The van der Waals surface area contributed by atoms with E-state index in [1.54, 1.807) is 11.3 Å². The maximum Gasteiger partial charge on any atom is 0.223 e. The number of aromatic amines is 1. The molecule has 5 nitrogen and oxygen atoms in total. The molecule has 2 N–H and O–H groups in total. The highest BCUT2D eigenvalue weighted by atomic mass is 79.9. The minimum absolute atomic E-state index is 0.0276. The van der Waals surface area contributed by atoms with Crippen LogP contribution in [-0.2, 0) is 23.1 Å². The average molecular weight is 395 g/mol. The summed E-state index contributed by atoms with van der Waals surface area (Å²) in [6.45, 7) is 0.751. The predicted octanol–water partition coefficient (Wildman–Crippen LogP) is 2.97. The summed E-state index contributed by atoms with van der Waals surface area (Å²) in [5.74, 6) is 0.195. The second-order valence-electron chi connectivity index (χ2n) is 6.61. The number of halogens is 1. The highest BCUT2D eigenvalue weighted by Crippen LogP contribution is 2.46. The maximum absolute atomic E-state index is 12.6. The van der Waals surface area contributed by atoms with Crippen molar-refractivity contribution in [2.75, 3.05) is 6.54 Å². The minimum Gasteiger partial charge on any atom is -0.355 e. The van der Waals surface area contributed by atoms with Gasteiger partial charge in [0, 0.05) is 29.2 Å². The molecule has 2 aliphatic rings. The molecular weight excluding hydrogens is 376 g/mol. The first kappa shape index (κ1) is 15.3. The van der Waals surface area contributed by atoms with Crippen LogP contribution < -0.4 is 5.32 Å². The van der Waals surface area contributed by atoms with Crippen LogP contribution in [-0.4, -0.2) is 27.9 Å². The van der Waals surface area contributed by atoms with Gasteiger partial charge in [-0.3, -0.25) is 4.79 Å². The van der Waals surface area contributed by atoms with Gasteiger partial charge >= 0.3 is 0 Å². The number of hydrogen-bond donors (Lipinski definition) is 2. The molecule has 1 amide bonds. The largest absolute Gasteiger partial charge is 0.355 e. The van der Waals surface area contributed by atoms with E-state index in [0.29, 0.717) is 6.42 Å². The summed E-state index contributed by atoms with van der Waals surface area (Å²) in [6, 6.07) is 4.30. The summed E-state index contributed by atoms with van der Waals surface area (Å²) in [7, 11) is 0. The summed E-state index contributed by atoms with van der Waals surface area (Å²) in [5.41, 5.74) is 2.13. The van der Waals surface area contributed by atoms with Crippen LogP contribution in [0.25, 0.3) is 0 Å². The standard InChI is InChI=1S/C16H19BrN4OS/c17-14-5-4-13(23-14)16(6-1-7-16)9-18-15(22)10-2-3-11-12(8-10)20-21-19-11/h4-5,10H,1-3,6-9H2,(H,18,22)(H,19,20,21). The average Bonchev–Trinajstić information content (AvgIpc) is 3.14. The summed E-state index contributed by atoms with van der Waals surface area (Å²) in [5, 5.41) is 14.2. The van der Waals surface area contributed by atoms with E-state index in [1.165, 1.54) is 24.1 Å². The third-order valence-electron chi connectivity index (χ3n) is 5.25. The zero-order valence-electron chi connectivity index (χ0n) is 12.8. The first-order valence-corrected chi connectivity index (χ1v) is 9.69. The Morgan fingerprint density at radius 1 is 1.39 bits per heavy atom. The molecular formula is C16H19BrN4OS. The number of nitrogens with zero attached hydrogens (tertiary/aromatic N) is 2. The fourth-order valence-electron chi connectivity index (χ4n) is 3.62. The SMILES string of the molecule is O=C(NCC1(c2ccc(Br)s2)CCC1)C1CCc2n[nH]nc2C1. The van der Waals surface area contributed by atoms with Crippen LogP contribution in [0.3, 0.4) is 0 Å². The summed E-state index contributed by atoms with van der Waals surface area (Å²) >= 11 is 5.34. The first-order valence-electron chi connectivity index (χ1n) is 8.08. The van der Waals surface area contributed by atoms with E-state index < -0.39 is 0 Å². The molecule has 0 aliphatic heterocycles. The summed E-state index contributed by atoms with van der Waals surface area (Å²) in [6.07, 6.45) is 5.98. The number of thiophene rings is 1. The molecule has 122 valence electrons. The number of fused-ring (bicyclic) bond motifs is 1. The molecule has 2 aromatic rings. The van der Waals surface area contributed by atoms with Gasteiger partial charge in [-0.2, -0.15) is 15.4 Å². The quantitative estimate of drug-likeness (QED) is 0.836. The van der Waals surface area contributed by atoms with Gasteiger partial charge in [-0.05, 0) is 53.7 Å². The molecule has 1 unspecified atom stereocenters. The van der Waals surface area contributed by atoms with Gasteiger partial charge in [-0.1, -0.05) is 6.42 Å². The zero-order chi connectivity index (χ0) is 15.9. The Bertz CT molecular complexity index is 721. The molecule has 0 radical (unpaired) electrons. The van der Waals surface area contributed by atoms with Gasteiger partial charge in [0.2, 0.25) is 5.91 Å². The molecule has 2 aromatic heterocycles. The number of H-pyrrole nitrogens is 1. The van der Waals surface area contributed by atoms with Gasteiger partial charge in [-0.15, -0.1) is 11.3 Å². The minimum atomic E-state index is 0.0276. The summed E-state index contributed by atoms with van der Waals surface area (Å²) < 4.78 is 1.16. The van der Waals surface area contributed by atoms with E-state index in [4.69, 9.17) is 0 Å². The summed E-state index contributed by atoms with van der Waals surface area (Å²) in [4.78, 5) is 14.0. The normalized spacial score (nSPS) is 22.2. The van der Waals surface area contributed by atoms with Crippen LogP contribution in [0.5, 0.6) is 0 Å². The van der Waals surface area contributed by atoms with Gasteiger partial charge in [0.05, 0.1) is 15.2 Å². The predicted molar refractivity (Wildman–Crippen MR) is 92.5 cm³/mol. The van der Waals surface area contributed by atoms with Crippen molar-refractivity contribution in [3.63, 3.8) is 0 Å². The zero-order valence-corrected chi connectivity index (χ0v) is 15.2. The number of hydrogen-bond acceptors (Lipinski definition) is 4.